The number of rotatable bonds is 4. The molecule has 1 aromatic heterocycles. The van der Waals surface area contributed by atoms with Gasteiger partial charge in [0.15, 0.2) is 0 Å². The van der Waals surface area contributed by atoms with Crippen LogP contribution in [0, 0.1) is 3.57 Å². The number of nitrogens with zero attached hydrogens (tertiary/aromatic N) is 1. The number of pyridine rings is 1. The summed E-state index contributed by atoms with van der Waals surface area (Å²) in [4.78, 5) is 17.0. The van der Waals surface area contributed by atoms with E-state index in [1.807, 2.05) is 24.3 Å². The van der Waals surface area contributed by atoms with Gasteiger partial charge in [0.1, 0.15) is 5.03 Å². The zero-order chi connectivity index (χ0) is 16.2. The predicted molar refractivity (Wildman–Crippen MR) is 104 cm³/mol. The molecule has 0 atom stereocenters. The maximum atomic E-state index is 12.6. The van der Waals surface area contributed by atoms with E-state index in [1.54, 1.807) is 24.0 Å². The molecule has 0 bridgehead atoms. The first kappa shape index (κ1) is 17.0. The lowest BCUT2D eigenvalue weighted by molar-refractivity contribution is 0.102. The summed E-state index contributed by atoms with van der Waals surface area (Å²) in [5, 5.41) is 4.80. The number of halogens is 2. The van der Waals surface area contributed by atoms with E-state index >= 15 is 0 Å². The highest BCUT2D eigenvalue weighted by molar-refractivity contribution is 14.1. The van der Waals surface area contributed by atoms with Crippen LogP contribution in [0.4, 0.5) is 5.69 Å². The number of hydrogen-bond acceptors (Lipinski definition) is 3. The van der Waals surface area contributed by atoms with Gasteiger partial charge >= 0.3 is 0 Å². The van der Waals surface area contributed by atoms with Crippen molar-refractivity contribution in [1.82, 2.24) is 4.98 Å². The van der Waals surface area contributed by atoms with Crippen LogP contribution in [0.5, 0.6) is 0 Å². The molecule has 1 aliphatic carbocycles. The molecule has 23 heavy (non-hydrogen) atoms. The Morgan fingerprint density at radius 3 is 2.83 bits per heavy atom. The summed E-state index contributed by atoms with van der Waals surface area (Å²) in [5.41, 5.74) is 1.23. The Kier molecular flexibility index (Phi) is 5.82. The van der Waals surface area contributed by atoms with Crippen LogP contribution in [0.15, 0.2) is 41.6 Å². The van der Waals surface area contributed by atoms with Crippen LogP contribution < -0.4 is 5.32 Å². The number of anilines is 1. The summed E-state index contributed by atoms with van der Waals surface area (Å²) in [6.07, 6.45) is 6.68. The van der Waals surface area contributed by atoms with Crippen molar-refractivity contribution in [2.75, 3.05) is 5.32 Å². The monoisotopic (exact) mass is 458 g/mol. The molecular formula is C17H16ClIN2OS. The van der Waals surface area contributed by atoms with Crippen LogP contribution in [0.3, 0.4) is 0 Å². The minimum Gasteiger partial charge on any atom is -0.321 e. The normalized spacial score (nSPS) is 14.9. The van der Waals surface area contributed by atoms with Crippen LogP contribution in [-0.2, 0) is 0 Å². The molecule has 1 aromatic carbocycles. The SMILES string of the molecule is O=C(Nc1ccc(I)cc1Cl)c1cccnc1SC1CCCC1. The molecule has 0 spiro atoms. The lowest BCUT2D eigenvalue weighted by Gasteiger charge is -2.13. The van der Waals surface area contributed by atoms with Crippen LogP contribution in [0.2, 0.25) is 5.02 Å². The third-order valence-corrected chi connectivity index (χ3v) is 6.11. The predicted octanol–water partition coefficient (Wildman–Crippen LogP) is 5.63. The standard InChI is InChI=1S/C17H16ClIN2OS/c18-14-10-11(19)7-8-15(14)21-16(22)13-6-3-9-20-17(13)23-12-4-1-2-5-12/h3,6-10,12H,1-2,4-5H2,(H,21,22). The molecule has 3 rings (SSSR count). The maximum Gasteiger partial charge on any atom is 0.258 e. The number of aromatic nitrogens is 1. The molecule has 0 unspecified atom stereocenters. The molecule has 0 aliphatic heterocycles. The average molecular weight is 459 g/mol. The van der Waals surface area contributed by atoms with Crippen LogP contribution >= 0.6 is 46.0 Å². The Bertz CT molecular complexity index is 719. The van der Waals surface area contributed by atoms with Crippen molar-refractivity contribution in [2.24, 2.45) is 0 Å². The highest BCUT2D eigenvalue weighted by Gasteiger charge is 2.21. The van der Waals surface area contributed by atoms with Gasteiger partial charge in [-0.3, -0.25) is 4.79 Å². The molecule has 1 fully saturated rings. The summed E-state index contributed by atoms with van der Waals surface area (Å²) in [7, 11) is 0. The molecule has 120 valence electrons. The second kappa shape index (κ2) is 7.85. The molecule has 2 aromatic rings. The number of amides is 1. The number of benzene rings is 1. The Morgan fingerprint density at radius 2 is 2.09 bits per heavy atom. The Labute approximate surface area is 158 Å². The van der Waals surface area contributed by atoms with Gasteiger partial charge < -0.3 is 5.32 Å². The third-order valence-electron chi connectivity index (χ3n) is 3.78. The van der Waals surface area contributed by atoms with Gasteiger partial charge in [0.25, 0.3) is 5.91 Å². The van der Waals surface area contributed by atoms with Gasteiger partial charge in [-0.05, 0) is 65.8 Å². The van der Waals surface area contributed by atoms with Crippen LogP contribution in [0.25, 0.3) is 0 Å². The van der Waals surface area contributed by atoms with Gasteiger partial charge in [0.05, 0.1) is 16.3 Å². The Morgan fingerprint density at radius 1 is 1.30 bits per heavy atom. The van der Waals surface area contributed by atoms with E-state index in [0.29, 0.717) is 21.5 Å². The molecular weight excluding hydrogens is 443 g/mol. The number of hydrogen-bond donors (Lipinski definition) is 1. The second-order valence-corrected chi connectivity index (χ2v) is 8.40. The van der Waals surface area contributed by atoms with Crippen molar-refractivity contribution in [1.29, 1.82) is 0 Å². The number of thioether (sulfide) groups is 1. The molecule has 6 heteroatoms. The summed E-state index contributed by atoms with van der Waals surface area (Å²) in [6, 6.07) is 9.18. The fourth-order valence-electron chi connectivity index (χ4n) is 2.60. The van der Waals surface area contributed by atoms with Crippen molar-refractivity contribution in [3.8, 4) is 0 Å². The third kappa shape index (κ3) is 4.39. The van der Waals surface area contributed by atoms with Crippen LogP contribution in [-0.4, -0.2) is 16.1 Å². The zero-order valence-electron chi connectivity index (χ0n) is 12.4. The molecule has 1 N–H and O–H groups in total. The number of carbonyl (C=O) groups is 1. The van der Waals surface area contributed by atoms with Gasteiger partial charge in [0, 0.05) is 15.0 Å². The topological polar surface area (TPSA) is 42.0 Å². The highest BCUT2D eigenvalue weighted by atomic mass is 127. The highest BCUT2D eigenvalue weighted by Crippen LogP contribution is 2.35. The van der Waals surface area contributed by atoms with Crippen molar-refractivity contribution in [3.63, 3.8) is 0 Å². The molecule has 0 saturated heterocycles. The van der Waals surface area contributed by atoms with Gasteiger partial charge in [-0.25, -0.2) is 4.98 Å². The molecule has 1 heterocycles. The van der Waals surface area contributed by atoms with Crippen LogP contribution in [0.1, 0.15) is 36.0 Å². The lowest BCUT2D eigenvalue weighted by Crippen LogP contribution is -2.14. The average Bonchev–Trinajstić information content (AvgIpc) is 3.03. The Hall–Kier alpha value is -0.790. The van der Waals surface area contributed by atoms with E-state index in [9.17, 15) is 4.79 Å². The van der Waals surface area contributed by atoms with E-state index in [1.165, 1.54) is 25.7 Å². The minimum atomic E-state index is -0.165. The van der Waals surface area contributed by atoms with E-state index in [4.69, 9.17) is 11.6 Å². The van der Waals surface area contributed by atoms with E-state index in [0.717, 1.165) is 8.60 Å². The molecule has 1 saturated carbocycles. The molecule has 3 nitrogen and oxygen atoms in total. The first-order valence-electron chi connectivity index (χ1n) is 7.51. The first-order chi connectivity index (χ1) is 11.1. The summed E-state index contributed by atoms with van der Waals surface area (Å²) in [6.45, 7) is 0. The fourth-order valence-corrected chi connectivity index (χ4v) is 4.80. The van der Waals surface area contributed by atoms with E-state index in [-0.39, 0.29) is 5.91 Å². The van der Waals surface area contributed by atoms with Gasteiger partial charge in [-0.15, -0.1) is 11.8 Å². The smallest absolute Gasteiger partial charge is 0.258 e. The van der Waals surface area contributed by atoms with E-state index < -0.39 is 0 Å². The number of carbonyl (C=O) groups excluding carboxylic acids is 1. The van der Waals surface area contributed by atoms with Crippen molar-refractivity contribution in [2.45, 2.75) is 36.0 Å². The Balaban J connectivity index is 1.78. The minimum absolute atomic E-state index is 0.165. The van der Waals surface area contributed by atoms with Gasteiger partial charge in [-0.1, -0.05) is 24.4 Å². The maximum absolute atomic E-state index is 12.6. The quantitative estimate of drug-likeness (QED) is 0.604. The fraction of sp³-hybridized carbons (Fsp3) is 0.294. The lowest BCUT2D eigenvalue weighted by atomic mass is 10.2. The molecule has 1 amide bonds. The summed E-state index contributed by atoms with van der Waals surface area (Å²) >= 11 is 10.1. The second-order valence-electron chi connectivity index (χ2n) is 5.46. The van der Waals surface area contributed by atoms with Crippen molar-refractivity contribution >= 4 is 57.5 Å². The number of nitrogens with one attached hydrogen (secondary N) is 1. The van der Waals surface area contributed by atoms with Crippen molar-refractivity contribution < 1.29 is 4.79 Å². The van der Waals surface area contributed by atoms with Crippen molar-refractivity contribution in [3.05, 3.63) is 50.7 Å². The van der Waals surface area contributed by atoms with Gasteiger partial charge in [0.2, 0.25) is 0 Å². The molecule has 0 radical (unpaired) electrons. The van der Waals surface area contributed by atoms with Gasteiger partial charge in [-0.2, -0.15) is 0 Å². The largest absolute Gasteiger partial charge is 0.321 e. The molecule has 1 aliphatic rings. The zero-order valence-corrected chi connectivity index (χ0v) is 16.1. The van der Waals surface area contributed by atoms with E-state index in [2.05, 4.69) is 32.9 Å². The first-order valence-corrected chi connectivity index (χ1v) is 9.85. The summed E-state index contributed by atoms with van der Waals surface area (Å²) in [5.74, 6) is -0.165. The summed E-state index contributed by atoms with van der Waals surface area (Å²) < 4.78 is 1.03.